The third kappa shape index (κ3) is 4.33. The molecule has 20 heavy (non-hydrogen) atoms. The van der Waals surface area contributed by atoms with Crippen LogP contribution in [-0.2, 0) is 12.3 Å². The van der Waals surface area contributed by atoms with Crippen LogP contribution in [-0.4, -0.2) is 6.54 Å². The van der Waals surface area contributed by atoms with Crippen molar-refractivity contribution in [3.05, 3.63) is 63.9 Å². The normalized spacial score (nSPS) is 10.8. The minimum absolute atomic E-state index is 0.205. The van der Waals surface area contributed by atoms with Crippen LogP contribution in [0.15, 0.2) is 51.8 Å². The molecule has 0 aromatic heterocycles. The molecule has 2 aromatic carbocycles. The van der Waals surface area contributed by atoms with E-state index in [0.29, 0.717) is 4.47 Å². The van der Waals surface area contributed by atoms with Crippen molar-refractivity contribution in [3.8, 4) is 0 Å². The average molecular weight is 354 g/mol. The molecule has 0 heterocycles. The van der Waals surface area contributed by atoms with E-state index >= 15 is 0 Å². The minimum Gasteiger partial charge on any atom is -0.313 e. The van der Waals surface area contributed by atoms with Crippen molar-refractivity contribution >= 4 is 27.7 Å². The number of thioether (sulfide) groups is 1. The Bertz CT molecular complexity index is 574. The standard InChI is InChI=1S/C16H17BrFNS/c1-2-19-10-12-5-3-7-14(9-12)20-11-13-6-4-8-15(18)16(13)17/h3-9,19H,2,10-11H2,1H3. The molecule has 106 valence electrons. The van der Waals surface area contributed by atoms with Crippen molar-refractivity contribution in [2.24, 2.45) is 0 Å². The smallest absolute Gasteiger partial charge is 0.137 e. The molecule has 2 aromatic rings. The number of rotatable bonds is 6. The lowest BCUT2D eigenvalue weighted by atomic mass is 10.2. The van der Waals surface area contributed by atoms with E-state index in [-0.39, 0.29) is 5.82 Å². The highest BCUT2D eigenvalue weighted by atomic mass is 79.9. The van der Waals surface area contributed by atoms with E-state index in [4.69, 9.17) is 0 Å². The molecule has 0 bridgehead atoms. The molecule has 0 atom stereocenters. The molecule has 0 spiro atoms. The van der Waals surface area contributed by atoms with Gasteiger partial charge in [0.25, 0.3) is 0 Å². The fourth-order valence-corrected chi connectivity index (χ4v) is 3.40. The predicted molar refractivity (Wildman–Crippen MR) is 87.5 cm³/mol. The highest BCUT2D eigenvalue weighted by Crippen LogP contribution is 2.28. The molecule has 0 saturated heterocycles. The molecule has 4 heteroatoms. The van der Waals surface area contributed by atoms with Crippen LogP contribution in [0.3, 0.4) is 0 Å². The monoisotopic (exact) mass is 353 g/mol. The summed E-state index contributed by atoms with van der Waals surface area (Å²) in [6.45, 7) is 3.95. The van der Waals surface area contributed by atoms with Crippen molar-refractivity contribution in [1.29, 1.82) is 0 Å². The number of halogens is 2. The molecule has 2 rings (SSSR count). The van der Waals surface area contributed by atoms with Gasteiger partial charge in [0, 0.05) is 17.2 Å². The summed E-state index contributed by atoms with van der Waals surface area (Å²) in [7, 11) is 0. The zero-order valence-electron chi connectivity index (χ0n) is 11.3. The van der Waals surface area contributed by atoms with Crippen LogP contribution < -0.4 is 5.32 Å². The summed E-state index contributed by atoms with van der Waals surface area (Å²) in [5.41, 5.74) is 2.25. The molecule has 0 fully saturated rings. The summed E-state index contributed by atoms with van der Waals surface area (Å²) in [4.78, 5) is 1.21. The zero-order chi connectivity index (χ0) is 14.4. The maximum absolute atomic E-state index is 13.4. The Kier molecular flexibility index (Phi) is 6.07. The Morgan fingerprint density at radius 3 is 2.80 bits per heavy atom. The summed E-state index contributed by atoms with van der Waals surface area (Å²) in [5, 5.41) is 3.32. The molecule has 0 amide bonds. The van der Waals surface area contributed by atoms with Crippen LogP contribution in [0.5, 0.6) is 0 Å². The predicted octanol–water partition coefficient (Wildman–Crippen LogP) is 4.99. The second-order valence-electron chi connectivity index (χ2n) is 4.43. The summed E-state index contributed by atoms with van der Waals surface area (Å²) < 4.78 is 14.0. The van der Waals surface area contributed by atoms with Crippen molar-refractivity contribution in [3.63, 3.8) is 0 Å². The fourth-order valence-electron chi connectivity index (χ4n) is 1.84. The van der Waals surface area contributed by atoms with Gasteiger partial charge in [-0.05, 0) is 51.8 Å². The lowest BCUT2D eigenvalue weighted by Crippen LogP contribution is -2.11. The molecule has 0 aliphatic carbocycles. The quantitative estimate of drug-likeness (QED) is 0.734. The van der Waals surface area contributed by atoms with Gasteiger partial charge in [0.2, 0.25) is 0 Å². The Labute approximate surface area is 132 Å². The first-order valence-corrected chi connectivity index (χ1v) is 8.34. The van der Waals surface area contributed by atoms with E-state index in [9.17, 15) is 4.39 Å². The second-order valence-corrected chi connectivity index (χ2v) is 6.27. The maximum Gasteiger partial charge on any atom is 0.137 e. The highest BCUT2D eigenvalue weighted by Gasteiger charge is 2.05. The van der Waals surface area contributed by atoms with Gasteiger partial charge in [-0.25, -0.2) is 4.39 Å². The maximum atomic E-state index is 13.4. The average Bonchev–Trinajstić information content (AvgIpc) is 2.47. The number of benzene rings is 2. The molecule has 1 N–H and O–H groups in total. The largest absolute Gasteiger partial charge is 0.313 e. The molecule has 0 radical (unpaired) electrons. The van der Waals surface area contributed by atoms with Crippen LogP contribution >= 0.6 is 27.7 Å². The van der Waals surface area contributed by atoms with Gasteiger partial charge in [0.05, 0.1) is 4.47 Å². The van der Waals surface area contributed by atoms with Crippen LogP contribution in [0.1, 0.15) is 18.1 Å². The van der Waals surface area contributed by atoms with E-state index in [1.165, 1.54) is 16.5 Å². The van der Waals surface area contributed by atoms with E-state index in [0.717, 1.165) is 24.4 Å². The van der Waals surface area contributed by atoms with Crippen molar-refractivity contribution in [2.45, 2.75) is 24.1 Å². The lowest BCUT2D eigenvalue weighted by Gasteiger charge is -2.07. The van der Waals surface area contributed by atoms with Gasteiger partial charge < -0.3 is 5.32 Å². The Hall–Kier alpha value is -0.840. The zero-order valence-corrected chi connectivity index (χ0v) is 13.7. The Balaban J connectivity index is 2.01. The van der Waals surface area contributed by atoms with Crippen LogP contribution in [0.25, 0.3) is 0 Å². The molecule has 0 aliphatic rings. The lowest BCUT2D eigenvalue weighted by molar-refractivity contribution is 0.619. The molecular weight excluding hydrogens is 337 g/mol. The SMILES string of the molecule is CCNCc1cccc(SCc2cccc(F)c2Br)c1. The fraction of sp³-hybridized carbons (Fsp3) is 0.250. The van der Waals surface area contributed by atoms with Crippen LogP contribution in [0, 0.1) is 5.82 Å². The van der Waals surface area contributed by atoms with E-state index in [1.54, 1.807) is 17.8 Å². The molecule has 0 aliphatic heterocycles. The first-order chi connectivity index (χ1) is 9.70. The number of nitrogens with one attached hydrogen (secondary N) is 1. The molecule has 0 unspecified atom stereocenters. The highest BCUT2D eigenvalue weighted by molar-refractivity contribution is 9.10. The summed E-state index contributed by atoms with van der Waals surface area (Å²) in [5.74, 6) is 0.548. The van der Waals surface area contributed by atoms with Gasteiger partial charge in [-0.15, -0.1) is 11.8 Å². The van der Waals surface area contributed by atoms with Gasteiger partial charge >= 0.3 is 0 Å². The van der Waals surface area contributed by atoms with E-state index in [2.05, 4.69) is 52.4 Å². The van der Waals surface area contributed by atoms with Crippen LogP contribution in [0.2, 0.25) is 0 Å². The van der Waals surface area contributed by atoms with Crippen LogP contribution in [0.4, 0.5) is 4.39 Å². The van der Waals surface area contributed by atoms with E-state index < -0.39 is 0 Å². The molecular formula is C16H17BrFNS. The number of hydrogen-bond acceptors (Lipinski definition) is 2. The first-order valence-electron chi connectivity index (χ1n) is 6.56. The van der Waals surface area contributed by atoms with Crippen molar-refractivity contribution in [2.75, 3.05) is 6.54 Å². The third-order valence-corrected chi connectivity index (χ3v) is 4.83. The number of hydrogen-bond donors (Lipinski definition) is 1. The summed E-state index contributed by atoms with van der Waals surface area (Å²) in [6.07, 6.45) is 0. The third-order valence-electron chi connectivity index (χ3n) is 2.90. The van der Waals surface area contributed by atoms with Crippen molar-refractivity contribution < 1.29 is 4.39 Å². The molecule has 0 saturated carbocycles. The summed E-state index contributed by atoms with van der Waals surface area (Å²) >= 11 is 5.02. The molecule has 1 nitrogen and oxygen atoms in total. The minimum atomic E-state index is -0.205. The topological polar surface area (TPSA) is 12.0 Å². The van der Waals surface area contributed by atoms with Gasteiger partial charge in [0.15, 0.2) is 0 Å². The van der Waals surface area contributed by atoms with Gasteiger partial charge in [-0.3, -0.25) is 0 Å². The first kappa shape index (κ1) is 15.5. The van der Waals surface area contributed by atoms with Gasteiger partial charge in [-0.1, -0.05) is 31.2 Å². The Morgan fingerprint density at radius 1 is 1.20 bits per heavy atom. The summed E-state index contributed by atoms with van der Waals surface area (Å²) in [6, 6.07) is 13.6. The van der Waals surface area contributed by atoms with Gasteiger partial charge in [-0.2, -0.15) is 0 Å². The Morgan fingerprint density at radius 2 is 2.00 bits per heavy atom. The second kappa shape index (κ2) is 7.81. The van der Waals surface area contributed by atoms with Gasteiger partial charge in [0.1, 0.15) is 5.82 Å². The van der Waals surface area contributed by atoms with Crippen molar-refractivity contribution in [1.82, 2.24) is 5.32 Å². The van der Waals surface area contributed by atoms with E-state index in [1.807, 2.05) is 6.07 Å².